The molecule has 0 amide bonds. The Balaban J connectivity index is 1.50. The van der Waals surface area contributed by atoms with E-state index in [0.29, 0.717) is 23.5 Å². The van der Waals surface area contributed by atoms with Gasteiger partial charge in [-0.2, -0.15) is 0 Å². The van der Waals surface area contributed by atoms with Crippen molar-refractivity contribution in [2.75, 3.05) is 11.9 Å². The first kappa shape index (κ1) is 18.9. The lowest BCUT2D eigenvalue weighted by molar-refractivity contribution is 0.337. The molecule has 1 aromatic heterocycles. The van der Waals surface area contributed by atoms with Crippen molar-refractivity contribution in [1.29, 1.82) is 0 Å². The topological polar surface area (TPSA) is 71.1 Å². The van der Waals surface area contributed by atoms with E-state index >= 15 is 0 Å². The molecule has 8 heteroatoms. The quantitative estimate of drug-likeness (QED) is 0.759. The zero-order chi connectivity index (χ0) is 18.0. The number of rotatable bonds is 6. The number of benzene rings is 1. The third-order valence-electron chi connectivity index (χ3n) is 4.72. The lowest BCUT2D eigenvalue weighted by atomic mass is 9.86. The van der Waals surface area contributed by atoms with E-state index in [1.165, 1.54) is 0 Å². The van der Waals surface area contributed by atoms with Crippen LogP contribution in [0.5, 0.6) is 0 Å². The van der Waals surface area contributed by atoms with Gasteiger partial charge in [0.15, 0.2) is 5.13 Å². The highest BCUT2D eigenvalue weighted by atomic mass is 35.5. The highest BCUT2D eigenvalue weighted by Crippen LogP contribution is 2.31. The van der Waals surface area contributed by atoms with Gasteiger partial charge in [-0.25, -0.2) is 18.1 Å². The van der Waals surface area contributed by atoms with Crippen molar-refractivity contribution in [3.63, 3.8) is 0 Å². The van der Waals surface area contributed by atoms with Crippen molar-refractivity contribution < 1.29 is 8.42 Å². The van der Waals surface area contributed by atoms with Gasteiger partial charge in [0.25, 0.3) is 0 Å². The fourth-order valence-corrected chi connectivity index (χ4v) is 4.94. The highest BCUT2D eigenvalue weighted by Gasteiger charge is 2.24. The van der Waals surface area contributed by atoms with E-state index in [-0.39, 0.29) is 5.25 Å². The van der Waals surface area contributed by atoms with Crippen LogP contribution in [0.3, 0.4) is 0 Å². The molecule has 1 aromatic carbocycles. The smallest absolute Gasteiger partial charge is 0.213 e. The maximum absolute atomic E-state index is 11.8. The van der Waals surface area contributed by atoms with Gasteiger partial charge in [-0.3, -0.25) is 0 Å². The van der Waals surface area contributed by atoms with E-state index in [1.807, 2.05) is 18.2 Å². The SMILES string of the molecule is CC(C)S(=O)(=O)NCC1CCC(Nc2nc3cc(Cl)ccc3s2)CC1. The first-order valence-electron chi connectivity index (χ1n) is 8.64. The summed E-state index contributed by atoms with van der Waals surface area (Å²) in [6, 6.07) is 6.16. The Labute approximate surface area is 158 Å². The Morgan fingerprint density at radius 1 is 1.28 bits per heavy atom. The van der Waals surface area contributed by atoms with E-state index in [9.17, 15) is 8.42 Å². The molecule has 0 aliphatic heterocycles. The molecule has 0 saturated heterocycles. The Kier molecular flexibility index (Phi) is 5.88. The minimum absolute atomic E-state index is 0.377. The zero-order valence-electron chi connectivity index (χ0n) is 14.5. The largest absolute Gasteiger partial charge is 0.359 e. The van der Waals surface area contributed by atoms with E-state index in [0.717, 1.165) is 41.0 Å². The monoisotopic (exact) mass is 401 g/mol. The van der Waals surface area contributed by atoms with Gasteiger partial charge < -0.3 is 5.32 Å². The maximum Gasteiger partial charge on any atom is 0.213 e. The average Bonchev–Trinajstić information content (AvgIpc) is 2.95. The van der Waals surface area contributed by atoms with Gasteiger partial charge in [-0.15, -0.1) is 0 Å². The molecule has 1 aliphatic rings. The van der Waals surface area contributed by atoms with Gasteiger partial charge in [0.2, 0.25) is 10.0 Å². The number of anilines is 1. The van der Waals surface area contributed by atoms with E-state index < -0.39 is 10.0 Å². The molecule has 3 rings (SSSR count). The van der Waals surface area contributed by atoms with Crippen LogP contribution in [0.15, 0.2) is 18.2 Å². The molecule has 1 aliphatic carbocycles. The molecule has 5 nitrogen and oxygen atoms in total. The Morgan fingerprint density at radius 3 is 2.68 bits per heavy atom. The first-order valence-corrected chi connectivity index (χ1v) is 11.4. The summed E-state index contributed by atoms with van der Waals surface area (Å²) in [5.74, 6) is 0.417. The number of nitrogens with one attached hydrogen (secondary N) is 2. The summed E-state index contributed by atoms with van der Waals surface area (Å²) >= 11 is 7.66. The van der Waals surface area contributed by atoms with Crippen molar-refractivity contribution >= 4 is 48.3 Å². The second-order valence-electron chi connectivity index (χ2n) is 6.94. The van der Waals surface area contributed by atoms with Gasteiger partial charge in [0.05, 0.1) is 15.5 Å². The third-order valence-corrected chi connectivity index (χ3v) is 7.73. The summed E-state index contributed by atoms with van der Waals surface area (Å²) in [5, 5.41) is 4.78. The zero-order valence-corrected chi connectivity index (χ0v) is 16.8. The standard InChI is InChI=1S/C17H24ClN3O2S2/c1-11(2)25(22,23)19-10-12-3-6-14(7-4-12)20-17-21-15-9-13(18)5-8-16(15)24-17/h5,8-9,11-12,14,19H,3-4,6-7,10H2,1-2H3,(H,20,21). The highest BCUT2D eigenvalue weighted by molar-refractivity contribution is 7.90. The number of aromatic nitrogens is 1. The summed E-state index contributed by atoms with van der Waals surface area (Å²) in [7, 11) is -3.16. The molecule has 0 unspecified atom stereocenters. The fraction of sp³-hybridized carbons (Fsp3) is 0.588. The summed E-state index contributed by atoms with van der Waals surface area (Å²) in [4.78, 5) is 4.61. The van der Waals surface area contributed by atoms with Crippen molar-refractivity contribution in [2.45, 2.75) is 50.8 Å². The van der Waals surface area contributed by atoms with Crippen LogP contribution in [0.25, 0.3) is 10.2 Å². The molecule has 138 valence electrons. The van der Waals surface area contributed by atoms with Gasteiger partial charge >= 0.3 is 0 Å². The molecule has 0 radical (unpaired) electrons. The van der Waals surface area contributed by atoms with Crippen LogP contribution in [0.1, 0.15) is 39.5 Å². The Hall–Kier alpha value is -0.890. The van der Waals surface area contributed by atoms with Crippen molar-refractivity contribution in [3.8, 4) is 0 Å². The predicted octanol–water partition coefficient (Wildman–Crippen LogP) is 4.25. The van der Waals surface area contributed by atoms with Crippen LogP contribution in [0.2, 0.25) is 5.02 Å². The number of fused-ring (bicyclic) bond motifs is 1. The second kappa shape index (κ2) is 7.78. The predicted molar refractivity (Wildman–Crippen MR) is 106 cm³/mol. The number of hydrogen-bond acceptors (Lipinski definition) is 5. The van der Waals surface area contributed by atoms with Crippen LogP contribution in [-0.2, 0) is 10.0 Å². The van der Waals surface area contributed by atoms with Crippen LogP contribution in [0, 0.1) is 5.92 Å². The molecule has 0 atom stereocenters. The van der Waals surface area contributed by atoms with Gasteiger partial charge in [0, 0.05) is 17.6 Å². The third kappa shape index (κ3) is 4.84. The number of halogens is 1. The van der Waals surface area contributed by atoms with Crippen molar-refractivity contribution in [2.24, 2.45) is 5.92 Å². The molecule has 0 bridgehead atoms. The maximum atomic E-state index is 11.8. The molecular weight excluding hydrogens is 378 g/mol. The average molecular weight is 402 g/mol. The van der Waals surface area contributed by atoms with Crippen LogP contribution in [-0.4, -0.2) is 31.2 Å². The van der Waals surface area contributed by atoms with Crippen LogP contribution < -0.4 is 10.0 Å². The second-order valence-corrected chi connectivity index (χ2v) is 10.7. The molecular formula is C17H24ClN3O2S2. The number of thiazole rings is 1. The van der Waals surface area contributed by atoms with Crippen LogP contribution in [0.4, 0.5) is 5.13 Å². The van der Waals surface area contributed by atoms with Crippen molar-refractivity contribution in [3.05, 3.63) is 23.2 Å². The molecule has 1 saturated carbocycles. The lowest BCUT2D eigenvalue weighted by Crippen LogP contribution is -2.37. The summed E-state index contributed by atoms with van der Waals surface area (Å²) < 4.78 is 27.6. The summed E-state index contributed by atoms with van der Waals surface area (Å²) in [6.45, 7) is 3.95. The van der Waals surface area contributed by atoms with Gasteiger partial charge in [-0.05, 0) is 63.6 Å². The molecule has 2 aromatic rings. The van der Waals surface area contributed by atoms with Gasteiger partial charge in [-0.1, -0.05) is 22.9 Å². The number of sulfonamides is 1. The van der Waals surface area contributed by atoms with E-state index in [4.69, 9.17) is 11.6 Å². The summed E-state index contributed by atoms with van der Waals surface area (Å²) in [5.41, 5.74) is 0.928. The molecule has 1 heterocycles. The minimum Gasteiger partial charge on any atom is -0.359 e. The van der Waals surface area contributed by atoms with Crippen molar-refractivity contribution in [1.82, 2.24) is 9.71 Å². The molecule has 1 fully saturated rings. The van der Waals surface area contributed by atoms with E-state index in [2.05, 4.69) is 15.0 Å². The minimum atomic E-state index is -3.16. The normalized spacial score (nSPS) is 21.8. The van der Waals surface area contributed by atoms with Gasteiger partial charge in [0.1, 0.15) is 0 Å². The number of hydrogen-bond donors (Lipinski definition) is 2. The first-order chi connectivity index (χ1) is 11.8. The number of nitrogens with zero attached hydrogens (tertiary/aromatic N) is 1. The molecule has 2 N–H and O–H groups in total. The summed E-state index contributed by atoms with van der Waals surface area (Å²) in [6.07, 6.45) is 4.11. The Bertz CT molecular complexity index is 828. The van der Waals surface area contributed by atoms with Crippen LogP contribution >= 0.6 is 22.9 Å². The fourth-order valence-electron chi connectivity index (χ4n) is 3.05. The van der Waals surface area contributed by atoms with E-state index in [1.54, 1.807) is 25.2 Å². The molecule has 0 spiro atoms. The Morgan fingerprint density at radius 2 is 2.00 bits per heavy atom. The molecule has 25 heavy (non-hydrogen) atoms. The lowest BCUT2D eigenvalue weighted by Gasteiger charge is -2.29.